The van der Waals surface area contributed by atoms with Gasteiger partial charge in [-0.05, 0) is 25.7 Å². The van der Waals surface area contributed by atoms with E-state index in [1.54, 1.807) is 30.5 Å². The van der Waals surface area contributed by atoms with Gasteiger partial charge in [0.15, 0.2) is 0 Å². The predicted octanol–water partition coefficient (Wildman–Crippen LogP) is 2.86. The van der Waals surface area contributed by atoms with Crippen LogP contribution in [0.3, 0.4) is 0 Å². The van der Waals surface area contributed by atoms with E-state index in [1.165, 1.54) is 6.92 Å². The Hall–Kier alpha value is -2.27. The quantitative estimate of drug-likeness (QED) is 0.585. The molecule has 28 heavy (non-hydrogen) atoms. The molecular formula is C17H19F3N4O3S. The van der Waals surface area contributed by atoms with E-state index in [4.69, 9.17) is 4.74 Å². The predicted molar refractivity (Wildman–Crippen MR) is 95.7 cm³/mol. The van der Waals surface area contributed by atoms with Gasteiger partial charge in [0.2, 0.25) is 11.1 Å². The zero-order valence-corrected chi connectivity index (χ0v) is 16.1. The standard InChI is InChI=1S/C17H19F3N4O3S/c1-4-27-13(25)11-12(10-7-5-9(2)6-8-10)21-14-22-15(28-3)23-24(14)16(11,26)17(18,19)20/h5-8,11-12,26H,4H2,1-3H3,(H,21,22,23). The number of halogens is 3. The highest BCUT2D eigenvalue weighted by molar-refractivity contribution is 7.98. The molecule has 1 aliphatic heterocycles. The Morgan fingerprint density at radius 2 is 2.04 bits per heavy atom. The summed E-state index contributed by atoms with van der Waals surface area (Å²) in [5.74, 6) is -3.50. The molecule has 1 aromatic heterocycles. The average Bonchev–Trinajstić information content (AvgIpc) is 3.05. The summed E-state index contributed by atoms with van der Waals surface area (Å²) in [4.78, 5) is 16.6. The van der Waals surface area contributed by atoms with Crippen LogP contribution in [0.15, 0.2) is 29.4 Å². The molecule has 152 valence electrons. The summed E-state index contributed by atoms with van der Waals surface area (Å²) in [6.45, 7) is 3.17. The van der Waals surface area contributed by atoms with Crippen molar-refractivity contribution in [1.82, 2.24) is 14.8 Å². The van der Waals surface area contributed by atoms with Crippen LogP contribution in [-0.2, 0) is 15.3 Å². The van der Waals surface area contributed by atoms with E-state index in [-0.39, 0.29) is 17.7 Å². The van der Waals surface area contributed by atoms with Gasteiger partial charge >= 0.3 is 12.1 Å². The Balaban J connectivity index is 2.24. The van der Waals surface area contributed by atoms with Crippen molar-refractivity contribution >= 4 is 23.7 Å². The SMILES string of the molecule is CCOC(=O)C1C(c2ccc(C)cc2)Nc2nc(SC)nn2C1(O)C(F)(F)F. The minimum Gasteiger partial charge on any atom is -0.466 e. The van der Waals surface area contributed by atoms with Gasteiger partial charge in [-0.25, -0.2) is 0 Å². The first-order valence-electron chi connectivity index (χ1n) is 8.43. The second-order valence-electron chi connectivity index (χ2n) is 6.32. The lowest BCUT2D eigenvalue weighted by Crippen LogP contribution is -2.61. The van der Waals surface area contributed by atoms with Crippen molar-refractivity contribution in [3.63, 3.8) is 0 Å². The summed E-state index contributed by atoms with van der Waals surface area (Å²) in [7, 11) is 0. The molecule has 3 rings (SSSR count). The fourth-order valence-corrected chi connectivity index (χ4v) is 3.52. The Morgan fingerprint density at radius 3 is 2.57 bits per heavy atom. The summed E-state index contributed by atoms with van der Waals surface area (Å²) in [6.07, 6.45) is -3.62. The molecule has 0 bridgehead atoms. The maximum absolute atomic E-state index is 14.1. The maximum Gasteiger partial charge on any atom is 0.439 e. The number of carbonyl (C=O) groups is 1. The van der Waals surface area contributed by atoms with Crippen molar-refractivity contribution in [3.8, 4) is 0 Å². The number of anilines is 1. The van der Waals surface area contributed by atoms with E-state index in [0.29, 0.717) is 10.2 Å². The first kappa shape index (κ1) is 20.5. The Morgan fingerprint density at radius 1 is 1.39 bits per heavy atom. The molecule has 0 amide bonds. The number of nitrogens with zero attached hydrogens (tertiary/aromatic N) is 3. The molecule has 7 nitrogen and oxygen atoms in total. The van der Waals surface area contributed by atoms with Gasteiger partial charge < -0.3 is 15.2 Å². The van der Waals surface area contributed by atoms with E-state index in [9.17, 15) is 23.1 Å². The number of alkyl halides is 3. The van der Waals surface area contributed by atoms with Crippen LogP contribution in [-0.4, -0.2) is 44.9 Å². The van der Waals surface area contributed by atoms with Gasteiger partial charge in [-0.1, -0.05) is 41.6 Å². The molecule has 3 atom stereocenters. The van der Waals surface area contributed by atoms with E-state index in [1.807, 2.05) is 6.92 Å². The molecule has 3 unspecified atom stereocenters. The third-order valence-corrected chi connectivity index (χ3v) is 5.08. The number of thioether (sulfide) groups is 1. The van der Waals surface area contributed by atoms with Gasteiger partial charge in [0.05, 0.1) is 12.6 Å². The number of ether oxygens (including phenoxy) is 1. The molecule has 2 heterocycles. The molecule has 0 spiro atoms. The van der Waals surface area contributed by atoms with Crippen LogP contribution in [0.4, 0.5) is 19.1 Å². The topological polar surface area (TPSA) is 89.3 Å². The molecule has 11 heteroatoms. The van der Waals surface area contributed by atoms with Crippen LogP contribution < -0.4 is 5.32 Å². The number of aliphatic hydroxyl groups is 1. The van der Waals surface area contributed by atoms with Gasteiger partial charge in [-0.15, -0.1) is 5.10 Å². The molecule has 0 saturated heterocycles. The number of esters is 1. The van der Waals surface area contributed by atoms with E-state index >= 15 is 0 Å². The van der Waals surface area contributed by atoms with Crippen LogP contribution in [0.2, 0.25) is 0 Å². The zero-order chi connectivity index (χ0) is 20.7. The normalized spacial score (nSPS) is 24.4. The minimum absolute atomic E-state index is 0.0253. The van der Waals surface area contributed by atoms with Crippen LogP contribution >= 0.6 is 11.8 Å². The number of aryl methyl sites for hydroxylation is 1. The largest absolute Gasteiger partial charge is 0.466 e. The lowest BCUT2D eigenvalue weighted by atomic mass is 9.82. The fraction of sp³-hybridized carbons (Fsp3) is 0.471. The third kappa shape index (κ3) is 3.22. The van der Waals surface area contributed by atoms with Crippen molar-refractivity contribution in [3.05, 3.63) is 35.4 Å². The van der Waals surface area contributed by atoms with Crippen molar-refractivity contribution in [2.75, 3.05) is 18.2 Å². The third-order valence-electron chi connectivity index (χ3n) is 4.54. The number of rotatable bonds is 4. The van der Waals surface area contributed by atoms with E-state index in [0.717, 1.165) is 17.3 Å². The van der Waals surface area contributed by atoms with E-state index < -0.39 is 29.8 Å². The summed E-state index contributed by atoms with van der Waals surface area (Å²) in [6, 6.07) is 5.38. The number of benzene rings is 1. The highest BCUT2D eigenvalue weighted by Gasteiger charge is 2.69. The summed E-state index contributed by atoms with van der Waals surface area (Å²) < 4.78 is 47.6. The smallest absolute Gasteiger partial charge is 0.439 e. The Labute approximate surface area is 163 Å². The van der Waals surface area contributed by atoms with Crippen molar-refractivity contribution < 1.29 is 27.8 Å². The van der Waals surface area contributed by atoms with Crippen LogP contribution in [0.5, 0.6) is 0 Å². The molecule has 0 aliphatic carbocycles. The highest BCUT2D eigenvalue weighted by atomic mass is 32.2. The van der Waals surface area contributed by atoms with Crippen LogP contribution in [0.1, 0.15) is 24.1 Å². The first-order chi connectivity index (χ1) is 13.1. The maximum atomic E-state index is 14.1. The summed E-state index contributed by atoms with van der Waals surface area (Å²) >= 11 is 1.01. The number of nitrogens with one attached hydrogen (secondary N) is 1. The molecule has 0 fully saturated rings. The lowest BCUT2D eigenvalue weighted by molar-refractivity contribution is -0.326. The van der Waals surface area contributed by atoms with Crippen LogP contribution in [0, 0.1) is 12.8 Å². The number of carbonyl (C=O) groups excluding carboxylic acids is 1. The zero-order valence-electron chi connectivity index (χ0n) is 15.3. The summed E-state index contributed by atoms with van der Waals surface area (Å²) in [5.41, 5.74) is -2.35. The van der Waals surface area contributed by atoms with Crippen molar-refractivity contribution in [2.45, 2.75) is 36.9 Å². The highest BCUT2D eigenvalue weighted by Crippen LogP contribution is 2.50. The van der Waals surface area contributed by atoms with Gasteiger partial charge in [0.25, 0.3) is 5.72 Å². The molecule has 1 aliphatic rings. The lowest BCUT2D eigenvalue weighted by Gasteiger charge is -2.44. The monoisotopic (exact) mass is 416 g/mol. The molecule has 0 radical (unpaired) electrons. The molecule has 1 aromatic carbocycles. The molecule has 0 saturated carbocycles. The second-order valence-corrected chi connectivity index (χ2v) is 7.09. The van der Waals surface area contributed by atoms with Crippen LogP contribution in [0.25, 0.3) is 0 Å². The molecule has 2 N–H and O–H groups in total. The first-order valence-corrected chi connectivity index (χ1v) is 9.66. The van der Waals surface area contributed by atoms with Crippen molar-refractivity contribution in [1.29, 1.82) is 0 Å². The minimum atomic E-state index is -5.21. The van der Waals surface area contributed by atoms with Gasteiger partial charge in [0, 0.05) is 0 Å². The van der Waals surface area contributed by atoms with E-state index in [2.05, 4.69) is 15.4 Å². The summed E-state index contributed by atoms with van der Waals surface area (Å²) in [5, 5.41) is 17.5. The van der Waals surface area contributed by atoms with Gasteiger partial charge in [-0.2, -0.15) is 22.8 Å². The molecule has 2 aromatic rings. The second kappa shape index (κ2) is 7.28. The van der Waals surface area contributed by atoms with Gasteiger partial charge in [0.1, 0.15) is 5.92 Å². The van der Waals surface area contributed by atoms with Crippen molar-refractivity contribution in [2.24, 2.45) is 5.92 Å². The Bertz CT molecular complexity index is 872. The number of fused-ring (bicyclic) bond motifs is 1. The molecular weight excluding hydrogens is 397 g/mol. The number of hydrogen-bond donors (Lipinski definition) is 2. The average molecular weight is 416 g/mol. The van der Waals surface area contributed by atoms with Gasteiger partial charge in [-0.3, -0.25) is 4.79 Å². The number of aromatic nitrogens is 3. The fourth-order valence-electron chi connectivity index (χ4n) is 3.18. The number of hydrogen-bond acceptors (Lipinski definition) is 7. The Kier molecular flexibility index (Phi) is 5.32.